The van der Waals surface area contributed by atoms with Gasteiger partial charge in [-0.2, -0.15) is 0 Å². The molecule has 0 saturated carbocycles. The molecular weight excluding hydrogens is 380 g/mol. The number of nitrogens with one attached hydrogen (secondary N) is 2. The number of benzene rings is 1. The van der Waals surface area contributed by atoms with Gasteiger partial charge >= 0.3 is 0 Å². The number of nitrogens with zero attached hydrogens (tertiary/aromatic N) is 3. The van der Waals surface area contributed by atoms with Gasteiger partial charge in [-0.05, 0) is 25.1 Å². The molecule has 2 aromatic rings. The van der Waals surface area contributed by atoms with Crippen LogP contribution in [0.1, 0.15) is 35.9 Å². The smallest absolute Gasteiger partial charge is 0.254 e. The van der Waals surface area contributed by atoms with Gasteiger partial charge in [0.05, 0.1) is 17.3 Å². The highest BCUT2D eigenvalue weighted by molar-refractivity contribution is 5.94. The summed E-state index contributed by atoms with van der Waals surface area (Å²) < 4.78 is 27.5. The Hall–Kier alpha value is -2.81. The first-order chi connectivity index (χ1) is 13.8. The van der Waals surface area contributed by atoms with Gasteiger partial charge in [-0.15, -0.1) is 0 Å². The van der Waals surface area contributed by atoms with E-state index in [1.165, 1.54) is 18.2 Å². The largest absolute Gasteiger partial charge is 0.343 e. The molecule has 1 aliphatic rings. The van der Waals surface area contributed by atoms with Crippen molar-refractivity contribution in [3.63, 3.8) is 0 Å². The van der Waals surface area contributed by atoms with E-state index in [0.717, 1.165) is 32.2 Å². The number of carbonyl (C=O) groups is 1. The maximum absolute atomic E-state index is 14.0. The summed E-state index contributed by atoms with van der Waals surface area (Å²) in [5.74, 6) is -2.75. The van der Waals surface area contributed by atoms with Crippen molar-refractivity contribution in [3.05, 3.63) is 57.5 Å². The van der Waals surface area contributed by atoms with E-state index < -0.39 is 23.6 Å². The summed E-state index contributed by atoms with van der Waals surface area (Å²) in [5, 5.41) is 2.69. The average Bonchev–Trinajstić information content (AvgIpc) is 2.67. The van der Waals surface area contributed by atoms with E-state index in [1.807, 2.05) is 25.8 Å². The molecule has 0 spiro atoms. The molecule has 1 aromatic carbocycles. The Morgan fingerprint density at radius 1 is 1.21 bits per heavy atom. The van der Waals surface area contributed by atoms with Crippen molar-refractivity contribution in [3.8, 4) is 0 Å². The molecule has 0 bridgehead atoms. The zero-order chi connectivity index (χ0) is 21.1. The maximum atomic E-state index is 14.0. The Labute approximate surface area is 167 Å². The van der Waals surface area contributed by atoms with Crippen LogP contribution in [0, 0.1) is 17.6 Å². The number of hydrogen-bond acceptors (Lipinski definition) is 5. The second-order valence-corrected chi connectivity index (χ2v) is 7.58. The minimum absolute atomic E-state index is 0.134. The number of hydrogen-bond donors (Lipinski definition) is 2. The summed E-state index contributed by atoms with van der Waals surface area (Å²) in [6, 6.07) is 4.12. The topological polar surface area (TPSA) is 81.3 Å². The molecular formula is C20H25F2N5O2. The van der Waals surface area contributed by atoms with Crippen LogP contribution in [0.5, 0.6) is 0 Å². The van der Waals surface area contributed by atoms with Crippen molar-refractivity contribution in [2.24, 2.45) is 5.92 Å². The maximum Gasteiger partial charge on any atom is 0.254 e. The SMILES string of the molecule is CC(C)[C@@H](NC(=O)c1cccc(F)c1F)c1cc(=O)[nH]c(N2CCN(C)CC2)n1. The number of aromatic amines is 1. The van der Waals surface area contributed by atoms with E-state index in [-0.39, 0.29) is 17.0 Å². The summed E-state index contributed by atoms with van der Waals surface area (Å²) in [4.78, 5) is 36.3. The lowest BCUT2D eigenvalue weighted by atomic mass is 10.00. The number of piperazine rings is 1. The van der Waals surface area contributed by atoms with Crippen LogP contribution in [0.25, 0.3) is 0 Å². The lowest BCUT2D eigenvalue weighted by Gasteiger charge is -2.33. The number of halogens is 2. The van der Waals surface area contributed by atoms with Gasteiger partial charge in [0.2, 0.25) is 5.95 Å². The summed E-state index contributed by atoms with van der Waals surface area (Å²) >= 11 is 0. The minimum atomic E-state index is -1.20. The van der Waals surface area contributed by atoms with Crippen LogP contribution in [0.15, 0.2) is 29.1 Å². The number of H-pyrrole nitrogens is 1. The molecule has 3 rings (SSSR count). The fraction of sp³-hybridized carbons (Fsp3) is 0.450. The number of amides is 1. The Balaban J connectivity index is 1.88. The van der Waals surface area contributed by atoms with Crippen molar-refractivity contribution in [1.82, 2.24) is 20.2 Å². The van der Waals surface area contributed by atoms with Crippen LogP contribution < -0.4 is 15.8 Å². The number of aromatic nitrogens is 2. The minimum Gasteiger partial charge on any atom is -0.343 e. The number of likely N-dealkylation sites (N-methyl/N-ethyl adjacent to an activating group) is 1. The molecule has 1 atom stereocenters. The molecule has 1 aliphatic heterocycles. The van der Waals surface area contributed by atoms with Gasteiger partial charge < -0.3 is 15.1 Å². The van der Waals surface area contributed by atoms with E-state index >= 15 is 0 Å². The first-order valence-corrected chi connectivity index (χ1v) is 9.56. The molecule has 0 radical (unpaired) electrons. The average molecular weight is 405 g/mol. The van der Waals surface area contributed by atoms with E-state index in [0.29, 0.717) is 11.6 Å². The molecule has 7 nitrogen and oxygen atoms in total. The zero-order valence-electron chi connectivity index (χ0n) is 16.7. The van der Waals surface area contributed by atoms with E-state index in [2.05, 4.69) is 20.2 Å². The molecule has 0 unspecified atom stereocenters. The van der Waals surface area contributed by atoms with Crippen molar-refractivity contribution < 1.29 is 13.6 Å². The predicted octanol–water partition coefficient (Wildman–Crippen LogP) is 1.93. The fourth-order valence-corrected chi connectivity index (χ4v) is 3.27. The third kappa shape index (κ3) is 4.79. The van der Waals surface area contributed by atoms with Crippen molar-refractivity contribution in [2.45, 2.75) is 19.9 Å². The molecule has 2 heterocycles. The summed E-state index contributed by atoms with van der Waals surface area (Å²) in [6.07, 6.45) is 0. The molecule has 1 amide bonds. The van der Waals surface area contributed by atoms with Gasteiger partial charge in [-0.3, -0.25) is 14.6 Å². The third-order valence-electron chi connectivity index (χ3n) is 5.02. The third-order valence-corrected chi connectivity index (χ3v) is 5.02. The van der Waals surface area contributed by atoms with Gasteiger partial charge in [-0.25, -0.2) is 13.8 Å². The van der Waals surface area contributed by atoms with E-state index in [9.17, 15) is 18.4 Å². The van der Waals surface area contributed by atoms with Crippen molar-refractivity contribution >= 4 is 11.9 Å². The molecule has 29 heavy (non-hydrogen) atoms. The van der Waals surface area contributed by atoms with Gasteiger partial charge in [0.1, 0.15) is 0 Å². The van der Waals surface area contributed by atoms with Crippen LogP contribution in [-0.2, 0) is 0 Å². The number of anilines is 1. The Morgan fingerprint density at radius 3 is 2.55 bits per heavy atom. The van der Waals surface area contributed by atoms with Gasteiger partial charge in [0, 0.05) is 32.2 Å². The first kappa shape index (κ1) is 20.9. The quantitative estimate of drug-likeness (QED) is 0.795. The Morgan fingerprint density at radius 2 is 1.90 bits per heavy atom. The van der Waals surface area contributed by atoms with Gasteiger partial charge in [0.15, 0.2) is 11.6 Å². The molecule has 9 heteroatoms. The fourth-order valence-electron chi connectivity index (χ4n) is 3.27. The van der Waals surface area contributed by atoms with Crippen molar-refractivity contribution in [2.75, 3.05) is 38.1 Å². The first-order valence-electron chi connectivity index (χ1n) is 9.56. The number of rotatable bonds is 5. The second kappa shape index (κ2) is 8.69. The summed E-state index contributed by atoms with van der Waals surface area (Å²) in [6.45, 7) is 6.83. The summed E-state index contributed by atoms with van der Waals surface area (Å²) in [7, 11) is 2.03. The predicted molar refractivity (Wildman–Crippen MR) is 106 cm³/mol. The van der Waals surface area contributed by atoms with Crippen LogP contribution in [0.2, 0.25) is 0 Å². The van der Waals surface area contributed by atoms with Gasteiger partial charge in [-0.1, -0.05) is 19.9 Å². The molecule has 2 N–H and O–H groups in total. The van der Waals surface area contributed by atoms with E-state index in [4.69, 9.17) is 0 Å². The lowest BCUT2D eigenvalue weighted by Crippen LogP contribution is -2.46. The van der Waals surface area contributed by atoms with Crippen LogP contribution in [0.3, 0.4) is 0 Å². The van der Waals surface area contributed by atoms with Crippen molar-refractivity contribution in [1.29, 1.82) is 0 Å². The highest BCUT2D eigenvalue weighted by atomic mass is 19.2. The van der Waals surface area contributed by atoms with Gasteiger partial charge in [0.25, 0.3) is 11.5 Å². The molecule has 1 fully saturated rings. The standard InChI is InChI=1S/C20H25F2N5O2/c1-12(2)18(25-19(29)13-5-4-6-14(21)17(13)22)15-11-16(28)24-20(23-15)27-9-7-26(3)8-10-27/h4-6,11-12,18H,7-10H2,1-3H3,(H,25,29)(H,23,24,28)/t18-/m1/s1. The second-order valence-electron chi connectivity index (χ2n) is 7.58. The molecule has 1 aromatic heterocycles. The van der Waals surface area contributed by atoms with Crippen LogP contribution in [0.4, 0.5) is 14.7 Å². The highest BCUT2D eigenvalue weighted by Crippen LogP contribution is 2.22. The van der Waals surface area contributed by atoms with Crippen LogP contribution >= 0.6 is 0 Å². The molecule has 0 aliphatic carbocycles. The monoisotopic (exact) mass is 405 g/mol. The normalized spacial score (nSPS) is 16.1. The zero-order valence-corrected chi connectivity index (χ0v) is 16.7. The molecule has 156 valence electrons. The Kier molecular flexibility index (Phi) is 6.26. The number of carbonyl (C=O) groups excluding carboxylic acids is 1. The lowest BCUT2D eigenvalue weighted by molar-refractivity contribution is 0.0919. The van der Waals surface area contributed by atoms with E-state index in [1.54, 1.807) is 0 Å². The summed E-state index contributed by atoms with van der Waals surface area (Å²) in [5.41, 5.74) is -0.344. The Bertz CT molecular complexity index is 939. The molecule has 1 saturated heterocycles. The van der Waals surface area contributed by atoms with Crippen LogP contribution in [-0.4, -0.2) is 54.0 Å². The highest BCUT2D eigenvalue weighted by Gasteiger charge is 2.25.